The Morgan fingerprint density at radius 1 is 1.60 bits per heavy atom. The molecule has 1 fully saturated rings. The normalized spacial score (nSPS) is 20.0. The van der Waals surface area contributed by atoms with Gasteiger partial charge in [0.15, 0.2) is 0 Å². The van der Waals surface area contributed by atoms with Crippen molar-refractivity contribution >= 4 is 11.7 Å². The number of Topliss-reactive ketones (excluding diaryl/α,β-unsaturated/α-hetero) is 1. The second-order valence-corrected chi connectivity index (χ2v) is 4.23. The Morgan fingerprint density at radius 3 is 2.93 bits per heavy atom. The molecule has 0 aromatic carbocycles. The van der Waals surface area contributed by atoms with Gasteiger partial charge in [0.1, 0.15) is 5.78 Å². The van der Waals surface area contributed by atoms with Gasteiger partial charge in [0, 0.05) is 12.5 Å². The van der Waals surface area contributed by atoms with Crippen LogP contribution >= 0.6 is 0 Å². The van der Waals surface area contributed by atoms with E-state index in [9.17, 15) is 9.59 Å². The molecule has 0 spiro atoms. The van der Waals surface area contributed by atoms with Crippen molar-refractivity contribution in [3.63, 3.8) is 0 Å². The van der Waals surface area contributed by atoms with E-state index in [2.05, 4.69) is 5.32 Å². The minimum absolute atomic E-state index is 0.0269. The largest absolute Gasteiger partial charge is 0.353 e. The summed E-state index contributed by atoms with van der Waals surface area (Å²) in [7, 11) is 0. The van der Waals surface area contributed by atoms with E-state index in [1.54, 1.807) is 0 Å². The van der Waals surface area contributed by atoms with Gasteiger partial charge in [0.25, 0.3) is 0 Å². The first-order valence-electron chi connectivity index (χ1n) is 5.65. The maximum Gasteiger partial charge on any atom is 0.234 e. The van der Waals surface area contributed by atoms with Gasteiger partial charge in [-0.15, -0.1) is 0 Å². The predicted octanol–water partition coefficient (Wildman–Crippen LogP) is 0.566. The Labute approximate surface area is 91.0 Å². The second-order valence-electron chi connectivity index (χ2n) is 4.23. The number of hydrogen-bond acceptors (Lipinski definition) is 3. The molecule has 1 aliphatic heterocycles. The smallest absolute Gasteiger partial charge is 0.234 e. The quantitative estimate of drug-likeness (QED) is 0.741. The third-order valence-corrected chi connectivity index (χ3v) is 2.72. The average molecular weight is 212 g/mol. The molecule has 1 rings (SSSR count). The SMILES string of the molecule is CCC(C)NC(=O)CN1CCCC(=O)C1. The van der Waals surface area contributed by atoms with Crippen molar-refractivity contribution in [1.82, 2.24) is 10.2 Å². The number of hydrogen-bond donors (Lipinski definition) is 1. The van der Waals surface area contributed by atoms with Crippen LogP contribution in [0, 0.1) is 0 Å². The number of carbonyl (C=O) groups is 2. The summed E-state index contributed by atoms with van der Waals surface area (Å²) in [5, 5.41) is 2.90. The topological polar surface area (TPSA) is 49.4 Å². The van der Waals surface area contributed by atoms with Crippen LogP contribution in [0.15, 0.2) is 0 Å². The summed E-state index contributed by atoms with van der Waals surface area (Å²) < 4.78 is 0. The fourth-order valence-corrected chi connectivity index (χ4v) is 1.67. The summed E-state index contributed by atoms with van der Waals surface area (Å²) in [5.41, 5.74) is 0. The van der Waals surface area contributed by atoms with E-state index < -0.39 is 0 Å². The number of nitrogens with zero attached hydrogens (tertiary/aromatic N) is 1. The third kappa shape index (κ3) is 4.42. The first-order chi connectivity index (χ1) is 7.11. The number of ketones is 1. The van der Waals surface area contributed by atoms with Crippen LogP contribution in [-0.2, 0) is 9.59 Å². The monoisotopic (exact) mass is 212 g/mol. The van der Waals surface area contributed by atoms with Crippen LogP contribution in [0.5, 0.6) is 0 Å². The van der Waals surface area contributed by atoms with Crippen molar-refractivity contribution in [2.75, 3.05) is 19.6 Å². The molecule has 0 aromatic rings. The predicted molar refractivity (Wildman–Crippen MR) is 58.6 cm³/mol. The molecule has 0 radical (unpaired) electrons. The van der Waals surface area contributed by atoms with Crippen molar-refractivity contribution in [1.29, 1.82) is 0 Å². The lowest BCUT2D eigenvalue weighted by molar-refractivity contribution is -0.126. The van der Waals surface area contributed by atoms with Gasteiger partial charge in [-0.25, -0.2) is 0 Å². The molecule has 0 saturated carbocycles. The lowest BCUT2D eigenvalue weighted by Crippen LogP contribution is -2.44. The molecule has 0 bridgehead atoms. The van der Waals surface area contributed by atoms with E-state index in [0.717, 1.165) is 19.4 Å². The van der Waals surface area contributed by atoms with E-state index in [1.807, 2.05) is 18.7 Å². The maximum atomic E-state index is 11.5. The summed E-state index contributed by atoms with van der Waals surface area (Å²) in [6.45, 7) is 5.68. The zero-order chi connectivity index (χ0) is 11.3. The molecular weight excluding hydrogens is 192 g/mol. The molecule has 1 amide bonds. The molecule has 1 saturated heterocycles. The zero-order valence-electron chi connectivity index (χ0n) is 9.58. The Morgan fingerprint density at radius 2 is 2.33 bits per heavy atom. The number of likely N-dealkylation sites (tertiary alicyclic amines) is 1. The van der Waals surface area contributed by atoms with Gasteiger partial charge in [-0.3, -0.25) is 14.5 Å². The summed E-state index contributed by atoms with van der Waals surface area (Å²) in [5.74, 6) is 0.275. The van der Waals surface area contributed by atoms with Gasteiger partial charge in [-0.1, -0.05) is 6.92 Å². The van der Waals surface area contributed by atoms with E-state index in [4.69, 9.17) is 0 Å². The molecule has 1 heterocycles. The molecule has 0 aliphatic carbocycles. The second kappa shape index (κ2) is 5.85. The van der Waals surface area contributed by atoms with Crippen molar-refractivity contribution in [2.45, 2.75) is 39.2 Å². The molecule has 1 N–H and O–H groups in total. The summed E-state index contributed by atoms with van der Waals surface area (Å²) in [6, 6.07) is 0.220. The van der Waals surface area contributed by atoms with Gasteiger partial charge in [-0.05, 0) is 26.3 Å². The van der Waals surface area contributed by atoms with Crippen LogP contribution in [0.4, 0.5) is 0 Å². The fraction of sp³-hybridized carbons (Fsp3) is 0.818. The summed E-state index contributed by atoms with van der Waals surface area (Å²) in [4.78, 5) is 24.6. The Kier molecular flexibility index (Phi) is 4.75. The highest BCUT2D eigenvalue weighted by molar-refractivity contribution is 5.83. The van der Waals surface area contributed by atoms with Crippen LogP contribution in [-0.4, -0.2) is 42.3 Å². The van der Waals surface area contributed by atoms with E-state index >= 15 is 0 Å². The van der Waals surface area contributed by atoms with Gasteiger partial charge < -0.3 is 5.32 Å². The number of piperidine rings is 1. The number of carbonyl (C=O) groups excluding carboxylic acids is 2. The first-order valence-corrected chi connectivity index (χ1v) is 5.65. The van der Waals surface area contributed by atoms with Crippen molar-refractivity contribution in [2.24, 2.45) is 0 Å². The molecule has 1 atom stereocenters. The lowest BCUT2D eigenvalue weighted by Gasteiger charge is -2.25. The zero-order valence-corrected chi connectivity index (χ0v) is 9.58. The van der Waals surface area contributed by atoms with Crippen molar-refractivity contribution < 1.29 is 9.59 Å². The van der Waals surface area contributed by atoms with E-state index in [1.165, 1.54) is 0 Å². The number of amides is 1. The van der Waals surface area contributed by atoms with E-state index in [-0.39, 0.29) is 17.7 Å². The van der Waals surface area contributed by atoms with E-state index in [0.29, 0.717) is 19.5 Å². The maximum absolute atomic E-state index is 11.5. The van der Waals surface area contributed by atoms with Crippen molar-refractivity contribution in [3.05, 3.63) is 0 Å². The molecule has 4 nitrogen and oxygen atoms in total. The van der Waals surface area contributed by atoms with Crippen molar-refractivity contribution in [3.8, 4) is 0 Å². The molecular formula is C11H20N2O2. The molecule has 1 aliphatic rings. The number of rotatable bonds is 4. The standard InChI is InChI=1S/C11H20N2O2/c1-3-9(2)12-11(15)8-13-6-4-5-10(14)7-13/h9H,3-8H2,1-2H3,(H,12,15). The number of nitrogens with one attached hydrogen (secondary N) is 1. The van der Waals surface area contributed by atoms with Crippen LogP contribution in [0.1, 0.15) is 33.1 Å². The Balaban J connectivity index is 2.27. The summed E-state index contributed by atoms with van der Waals surface area (Å²) >= 11 is 0. The Hall–Kier alpha value is -0.900. The molecule has 1 unspecified atom stereocenters. The van der Waals surface area contributed by atoms with Crippen LogP contribution < -0.4 is 5.32 Å². The highest BCUT2D eigenvalue weighted by Crippen LogP contribution is 2.04. The highest BCUT2D eigenvalue weighted by atomic mass is 16.2. The first kappa shape index (κ1) is 12.2. The molecule has 15 heavy (non-hydrogen) atoms. The Bertz CT molecular complexity index is 241. The van der Waals surface area contributed by atoms with Gasteiger partial charge in [0.05, 0.1) is 13.1 Å². The summed E-state index contributed by atoms with van der Waals surface area (Å²) in [6.07, 6.45) is 2.49. The van der Waals surface area contributed by atoms with Gasteiger partial charge >= 0.3 is 0 Å². The molecule has 0 aromatic heterocycles. The average Bonchev–Trinajstić information content (AvgIpc) is 2.17. The van der Waals surface area contributed by atoms with Crippen LogP contribution in [0.25, 0.3) is 0 Å². The minimum Gasteiger partial charge on any atom is -0.353 e. The third-order valence-electron chi connectivity index (χ3n) is 2.72. The van der Waals surface area contributed by atoms with Gasteiger partial charge in [-0.2, -0.15) is 0 Å². The highest BCUT2D eigenvalue weighted by Gasteiger charge is 2.19. The van der Waals surface area contributed by atoms with Gasteiger partial charge in [0.2, 0.25) is 5.91 Å². The molecule has 4 heteroatoms. The van der Waals surface area contributed by atoms with Crippen LogP contribution in [0.3, 0.4) is 0 Å². The van der Waals surface area contributed by atoms with Crippen LogP contribution in [0.2, 0.25) is 0 Å². The fourth-order valence-electron chi connectivity index (χ4n) is 1.67. The molecule has 86 valence electrons. The minimum atomic E-state index is 0.0269. The lowest BCUT2D eigenvalue weighted by atomic mass is 10.1.